The lowest BCUT2D eigenvalue weighted by molar-refractivity contribution is -0.127. The highest BCUT2D eigenvalue weighted by Gasteiger charge is 2.16. The lowest BCUT2D eigenvalue weighted by Gasteiger charge is -2.15. The van der Waals surface area contributed by atoms with Crippen LogP contribution in [0.5, 0.6) is 5.75 Å². The van der Waals surface area contributed by atoms with Gasteiger partial charge in [0.1, 0.15) is 11.3 Å². The summed E-state index contributed by atoms with van der Waals surface area (Å²) < 4.78 is 12.9. The Morgan fingerprint density at radius 1 is 1.31 bits per heavy atom. The van der Waals surface area contributed by atoms with Crippen molar-refractivity contribution in [2.45, 2.75) is 32.9 Å². The van der Waals surface area contributed by atoms with E-state index in [1.54, 1.807) is 43.8 Å². The third-order valence-electron chi connectivity index (χ3n) is 4.70. The molecule has 0 aliphatic rings. The van der Waals surface area contributed by atoms with Crippen LogP contribution >= 0.6 is 0 Å². The summed E-state index contributed by atoms with van der Waals surface area (Å²) in [6.07, 6.45) is 6.79. The van der Waals surface area contributed by atoms with Gasteiger partial charge in [-0.2, -0.15) is 0 Å². The number of hydrogen-bond donors (Lipinski definition) is 1. The summed E-state index contributed by atoms with van der Waals surface area (Å²) in [6.45, 7) is 3.95. The van der Waals surface area contributed by atoms with Gasteiger partial charge in [-0.25, -0.2) is 9.78 Å². The lowest BCUT2D eigenvalue weighted by Crippen LogP contribution is -2.36. The first-order chi connectivity index (χ1) is 14.0. The normalized spacial score (nSPS) is 12.2. The minimum atomic E-state index is -0.727. The largest absolute Gasteiger partial charge is 0.481 e. The number of aromatic nitrogens is 3. The van der Waals surface area contributed by atoms with Crippen LogP contribution in [0.15, 0.2) is 58.3 Å². The van der Waals surface area contributed by atoms with Crippen molar-refractivity contribution in [3.05, 3.63) is 70.7 Å². The Morgan fingerprint density at radius 2 is 2.17 bits per heavy atom. The standard InChI is InChI=1S/C21H20N4O4/c1-3-14-8-20(26)29-18-9-16(4-5-17(14)18)28-13(2)21(27)24-11-15-10-23-19-12-22-6-7-25(15)19/h4-10,12-13H,3,11H2,1-2H3,(H,24,27). The molecule has 29 heavy (non-hydrogen) atoms. The Morgan fingerprint density at radius 3 is 3.00 bits per heavy atom. The molecule has 3 aromatic heterocycles. The number of imidazole rings is 1. The number of ether oxygens (including phenoxy) is 1. The van der Waals surface area contributed by atoms with Crippen LogP contribution in [-0.2, 0) is 17.8 Å². The van der Waals surface area contributed by atoms with Crippen molar-refractivity contribution in [1.82, 2.24) is 19.7 Å². The van der Waals surface area contributed by atoms with Crippen molar-refractivity contribution < 1.29 is 13.9 Å². The van der Waals surface area contributed by atoms with Crippen molar-refractivity contribution in [2.75, 3.05) is 0 Å². The minimum absolute atomic E-state index is 0.266. The number of nitrogens with zero attached hydrogens (tertiary/aromatic N) is 3. The molecule has 8 nitrogen and oxygen atoms in total. The number of aryl methyl sites for hydroxylation is 1. The number of carbonyl (C=O) groups is 1. The first kappa shape index (κ1) is 18.7. The van der Waals surface area contributed by atoms with Crippen LogP contribution in [0.3, 0.4) is 0 Å². The number of fused-ring (bicyclic) bond motifs is 2. The molecule has 0 fully saturated rings. The number of rotatable bonds is 6. The van der Waals surface area contributed by atoms with Crippen LogP contribution in [0, 0.1) is 0 Å². The first-order valence-corrected chi connectivity index (χ1v) is 9.32. The van der Waals surface area contributed by atoms with E-state index in [1.165, 1.54) is 6.07 Å². The van der Waals surface area contributed by atoms with Gasteiger partial charge < -0.3 is 14.5 Å². The monoisotopic (exact) mass is 392 g/mol. The number of nitrogens with one attached hydrogen (secondary N) is 1. The maximum atomic E-state index is 12.4. The highest BCUT2D eigenvalue weighted by Crippen LogP contribution is 2.23. The number of benzene rings is 1. The summed E-state index contributed by atoms with van der Waals surface area (Å²) in [4.78, 5) is 32.4. The van der Waals surface area contributed by atoms with Crippen molar-refractivity contribution in [2.24, 2.45) is 0 Å². The van der Waals surface area contributed by atoms with Gasteiger partial charge in [-0.05, 0) is 31.0 Å². The van der Waals surface area contributed by atoms with E-state index in [0.29, 0.717) is 23.5 Å². The Balaban J connectivity index is 1.45. The highest BCUT2D eigenvalue weighted by atomic mass is 16.5. The van der Waals surface area contributed by atoms with Crippen molar-refractivity contribution >= 4 is 22.5 Å². The van der Waals surface area contributed by atoms with Gasteiger partial charge in [0.25, 0.3) is 5.91 Å². The predicted octanol–water partition coefficient (Wildman–Crippen LogP) is 2.48. The van der Waals surface area contributed by atoms with Gasteiger partial charge in [0, 0.05) is 29.9 Å². The zero-order valence-corrected chi connectivity index (χ0v) is 16.1. The summed E-state index contributed by atoms with van der Waals surface area (Å²) in [5.74, 6) is 0.190. The van der Waals surface area contributed by atoms with E-state index in [9.17, 15) is 9.59 Å². The topological polar surface area (TPSA) is 98.7 Å². The minimum Gasteiger partial charge on any atom is -0.481 e. The fraction of sp³-hybridized carbons (Fsp3) is 0.238. The summed E-state index contributed by atoms with van der Waals surface area (Å²) in [7, 11) is 0. The molecule has 0 bridgehead atoms. The summed E-state index contributed by atoms with van der Waals surface area (Å²) in [6, 6.07) is 6.73. The fourth-order valence-corrected chi connectivity index (χ4v) is 3.18. The molecule has 1 atom stereocenters. The summed E-state index contributed by atoms with van der Waals surface area (Å²) in [5.41, 5.74) is 2.50. The lowest BCUT2D eigenvalue weighted by atomic mass is 10.1. The van der Waals surface area contributed by atoms with Crippen LogP contribution < -0.4 is 15.7 Å². The molecule has 1 amide bonds. The molecule has 4 rings (SSSR count). The van der Waals surface area contributed by atoms with Crippen LogP contribution in [0.1, 0.15) is 25.1 Å². The van der Waals surface area contributed by atoms with Crippen molar-refractivity contribution in [3.63, 3.8) is 0 Å². The van der Waals surface area contributed by atoms with Crippen LogP contribution in [0.25, 0.3) is 16.6 Å². The second-order valence-corrected chi connectivity index (χ2v) is 6.63. The summed E-state index contributed by atoms with van der Waals surface area (Å²) >= 11 is 0. The zero-order chi connectivity index (χ0) is 20.4. The van der Waals surface area contributed by atoms with Crippen LogP contribution in [0.2, 0.25) is 0 Å². The molecule has 1 aromatic carbocycles. The quantitative estimate of drug-likeness (QED) is 0.506. The smallest absolute Gasteiger partial charge is 0.336 e. The van der Waals surface area contributed by atoms with E-state index in [2.05, 4.69) is 15.3 Å². The molecule has 3 heterocycles. The zero-order valence-electron chi connectivity index (χ0n) is 16.1. The third-order valence-corrected chi connectivity index (χ3v) is 4.70. The maximum absolute atomic E-state index is 12.4. The molecule has 0 saturated heterocycles. The first-order valence-electron chi connectivity index (χ1n) is 9.32. The van der Waals surface area contributed by atoms with Crippen molar-refractivity contribution in [3.8, 4) is 5.75 Å². The molecule has 4 aromatic rings. The fourth-order valence-electron chi connectivity index (χ4n) is 3.18. The Bertz CT molecular complexity index is 1240. The van der Waals surface area contributed by atoms with Gasteiger partial charge >= 0.3 is 5.63 Å². The SMILES string of the molecule is CCc1cc(=O)oc2cc(OC(C)C(=O)NCc3cnc4cnccn34)ccc12. The molecular formula is C21H20N4O4. The molecule has 0 radical (unpaired) electrons. The Kier molecular flexibility index (Phi) is 4.99. The van der Waals surface area contributed by atoms with Crippen molar-refractivity contribution in [1.29, 1.82) is 0 Å². The van der Waals surface area contributed by atoms with Gasteiger partial charge in [-0.3, -0.25) is 14.2 Å². The average Bonchev–Trinajstić information content (AvgIpc) is 3.14. The predicted molar refractivity (Wildman–Crippen MR) is 107 cm³/mol. The van der Waals surface area contributed by atoms with E-state index in [-0.39, 0.29) is 5.91 Å². The van der Waals surface area contributed by atoms with Gasteiger partial charge in [-0.15, -0.1) is 0 Å². The molecule has 148 valence electrons. The maximum Gasteiger partial charge on any atom is 0.336 e. The van der Waals surface area contributed by atoms with Crippen LogP contribution in [0.4, 0.5) is 0 Å². The molecule has 1 unspecified atom stereocenters. The highest BCUT2D eigenvalue weighted by molar-refractivity contribution is 5.83. The Hall–Kier alpha value is -3.68. The van der Waals surface area contributed by atoms with Gasteiger partial charge in [0.2, 0.25) is 0 Å². The van der Waals surface area contributed by atoms with E-state index >= 15 is 0 Å². The van der Waals surface area contributed by atoms with Gasteiger partial charge in [0.05, 0.1) is 24.6 Å². The molecule has 1 N–H and O–H groups in total. The van der Waals surface area contributed by atoms with E-state index in [1.807, 2.05) is 17.4 Å². The third kappa shape index (κ3) is 3.82. The number of amides is 1. The average molecular weight is 392 g/mol. The molecular weight excluding hydrogens is 372 g/mol. The molecule has 8 heteroatoms. The van der Waals surface area contributed by atoms with E-state index in [4.69, 9.17) is 9.15 Å². The number of carbonyl (C=O) groups excluding carboxylic acids is 1. The molecule has 0 spiro atoms. The molecule has 0 saturated carbocycles. The van der Waals surface area contributed by atoms with Gasteiger partial charge in [-0.1, -0.05) is 6.92 Å². The van der Waals surface area contributed by atoms with E-state index in [0.717, 1.165) is 23.1 Å². The van der Waals surface area contributed by atoms with Crippen LogP contribution in [-0.4, -0.2) is 26.4 Å². The molecule has 0 aliphatic carbocycles. The van der Waals surface area contributed by atoms with E-state index < -0.39 is 11.7 Å². The number of hydrogen-bond acceptors (Lipinski definition) is 6. The van der Waals surface area contributed by atoms with Gasteiger partial charge in [0.15, 0.2) is 11.8 Å². The second-order valence-electron chi connectivity index (χ2n) is 6.63. The molecule has 0 aliphatic heterocycles. The second kappa shape index (κ2) is 7.75. The summed E-state index contributed by atoms with van der Waals surface area (Å²) in [5, 5.41) is 3.70. The Labute approximate surface area is 166 Å².